The molecule has 0 fully saturated rings. The van der Waals surface area contributed by atoms with Crippen LogP contribution in [-0.2, 0) is 11.3 Å². The average molecular weight is 375 g/mol. The minimum Gasteiger partial charge on any atom is -0.325 e. The number of rotatable bonds is 5. The standard InChI is InChI=1S/C21H21N5O2/c1-12(2)14-4-6-15(7-5-14)20-23-25-26(24-20)11-19(27)16-8-9-18-17(10-16)13(3)21(28)22-18/h4-10,12-13H,11H2,1-3H3,(H,22,28)/t13-/m0/s1. The van der Waals surface area contributed by atoms with Gasteiger partial charge in [-0.25, -0.2) is 0 Å². The normalized spacial score (nSPS) is 15.6. The smallest absolute Gasteiger partial charge is 0.231 e. The lowest BCUT2D eigenvalue weighted by atomic mass is 9.99. The first-order chi connectivity index (χ1) is 13.4. The molecule has 0 saturated carbocycles. The summed E-state index contributed by atoms with van der Waals surface area (Å²) in [6.07, 6.45) is 0. The third-order valence-electron chi connectivity index (χ3n) is 5.06. The molecular formula is C21H21N5O2. The van der Waals surface area contributed by atoms with E-state index >= 15 is 0 Å². The number of nitrogens with one attached hydrogen (secondary N) is 1. The third-order valence-corrected chi connectivity index (χ3v) is 5.06. The van der Waals surface area contributed by atoms with Crippen molar-refractivity contribution in [1.82, 2.24) is 20.2 Å². The van der Waals surface area contributed by atoms with Crippen molar-refractivity contribution >= 4 is 17.4 Å². The second-order valence-corrected chi connectivity index (χ2v) is 7.36. The molecule has 1 N–H and O–H groups in total. The van der Waals surface area contributed by atoms with Crippen molar-refractivity contribution in [3.63, 3.8) is 0 Å². The van der Waals surface area contributed by atoms with Crippen LogP contribution in [0.25, 0.3) is 11.4 Å². The maximum atomic E-state index is 12.6. The minimum atomic E-state index is -0.257. The number of carbonyl (C=O) groups excluding carboxylic acids is 2. The number of nitrogens with zero attached hydrogens (tertiary/aromatic N) is 4. The molecule has 1 aliphatic heterocycles. The first kappa shape index (κ1) is 18.0. The molecule has 1 amide bonds. The van der Waals surface area contributed by atoms with Crippen LogP contribution in [0.2, 0.25) is 0 Å². The zero-order chi connectivity index (χ0) is 19.8. The van der Waals surface area contributed by atoms with Gasteiger partial charge in [-0.05, 0) is 47.4 Å². The minimum absolute atomic E-state index is 0.00831. The van der Waals surface area contributed by atoms with Crippen LogP contribution < -0.4 is 5.32 Å². The third kappa shape index (κ3) is 3.31. The summed E-state index contributed by atoms with van der Waals surface area (Å²) in [5.41, 5.74) is 4.24. The molecule has 1 atom stereocenters. The van der Waals surface area contributed by atoms with Gasteiger partial charge in [0.15, 0.2) is 5.78 Å². The van der Waals surface area contributed by atoms with Crippen LogP contribution in [0.3, 0.4) is 0 Å². The number of anilines is 1. The van der Waals surface area contributed by atoms with Crippen LogP contribution in [0.5, 0.6) is 0 Å². The van der Waals surface area contributed by atoms with E-state index < -0.39 is 0 Å². The second-order valence-electron chi connectivity index (χ2n) is 7.36. The Morgan fingerprint density at radius 3 is 2.64 bits per heavy atom. The van der Waals surface area contributed by atoms with Gasteiger partial charge < -0.3 is 5.32 Å². The molecule has 0 unspecified atom stereocenters. The van der Waals surface area contributed by atoms with E-state index in [0.29, 0.717) is 17.3 Å². The van der Waals surface area contributed by atoms with Gasteiger partial charge in [0, 0.05) is 16.8 Å². The van der Waals surface area contributed by atoms with Crippen LogP contribution in [0, 0.1) is 0 Å². The number of Topliss-reactive ketones (excluding diaryl/α,β-unsaturated/α-hetero) is 1. The Balaban J connectivity index is 1.50. The summed E-state index contributed by atoms with van der Waals surface area (Å²) in [7, 11) is 0. The fraction of sp³-hybridized carbons (Fsp3) is 0.286. The molecule has 1 aromatic heterocycles. The largest absolute Gasteiger partial charge is 0.325 e. The highest BCUT2D eigenvalue weighted by molar-refractivity contribution is 6.04. The van der Waals surface area contributed by atoms with Crippen LogP contribution in [-0.4, -0.2) is 31.9 Å². The Bertz CT molecular complexity index is 1050. The first-order valence-corrected chi connectivity index (χ1v) is 9.28. The second kappa shape index (κ2) is 6.99. The number of ketones is 1. The predicted octanol–water partition coefficient (Wildman–Crippen LogP) is 3.40. The number of carbonyl (C=O) groups is 2. The molecule has 0 aliphatic carbocycles. The van der Waals surface area contributed by atoms with Gasteiger partial charge in [0.1, 0.15) is 6.54 Å². The van der Waals surface area contributed by atoms with Crippen molar-refractivity contribution in [1.29, 1.82) is 0 Å². The van der Waals surface area contributed by atoms with Gasteiger partial charge in [0.2, 0.25) is 11.7 Å². The highest BCUT2D eigenvalue weighted by atomic mass is 16.2. The van der Waals surface area contributed by atoms with Crippen molar-refractivity contribution in [2.45, 2.75) is 39.2 Å². The Hall–Kier alpha value is -3.35. The predicted molar refractivity (Wildman–Crippen MR) is 105 cm³/mol. The van der Waals surface area contributed by atoms with Crippen molar-refractivity contribution in [2.24, 2.45) is 0 Å². The summed E-state index contributed by atoms with van der Waals surface area (Å²) in [6.45, 7) is 6.10. The average Bonchev–Trinajstić information content (AvgIpc) is 3.26. The number of amides is 1. The van der Waals surface area contributed by atoms with Gasteiger partial charge in [-0.1, -0.05) is 38.1 Å². The summed E-state index contributed by atoms with van der Waals surface area (Å²) in [6, 6.07) is 13.3. The lowest BCUT2D eigenvalue weighted by molar-refractivity contribution is -0.116. The summed E-state index contributed by atoms with van der Waals surface area (Å²) >= 11 is 0. The molecule has 7 heteroatoms. The van der Waals surface area contributed by atoms with Crippen LogP contribution >= 0.6 is 0 Å². The molecule has 3 aromatic rings. The highest BCUT2D eigenvalue weighted by Gasteiger charge is 2.27. The van der Waals surface area contributed by atoms with E-state index in [-0.39, 0.29) is 24.2 Å². The van der Waals surface area contributed by atoms with E-state index in [1.165, 1.54) is 10.4 Å². The molecule has 28 heavy (non-hydrogen) atoms. The number of tetrazole rings is 1. The Kier molecular flexibility index (Phi) is 4.50. The van der Waals surface area contributed by atoms with Gasteiger partial charge >= 0.3 is 0 Å². The van der Waals surface area contributed by atoms with Gasteiger partial charge in [0.25, 0.3) is 0 Å². The summed E-state index contributed by atoms with van der Waals surface area (Å²) < 4.78 is 0. The van der Waals surface area contributed by atoms with E-state index in [1.54, 1.807) is 18.2 Å². The Morgan fingerprint density at radius 2 is 1.93 bits per heavy atom. The molecule has 2 aromatic carbocycles. The molecule has 2 heterocycles. The molecule has 0 radical (unpaired) electrons. The van der Waals surface area contributed by atoms with E-state index in [0.717, 1.165) is 16.8 Å². The number of hydrogen-bond acceptors (Lipinski definition) is 5. The van der Waals surface area contributed by atoms with Crippen molar-refractivity contribution in [3.8, 4) is 11.4 Å². The molecule has 0 saturated heterocycles. The zero-order valence-corrected chi connectivity index (χ0v) is 16.0. The number of hydrogen-bond donors (Lipinski definition) is 1. The van der Waals surface area contributed by atoms with E-state index in [9.17, 15) is 9.59 Å². The van der Waals surface area contributed by atoms with Gasteiger partial charge in [-0.15, -0.1) is 10.2 Å². The monoisotopic (exact) mass is 375 g/mol. The number of fused-ring (bicyclic) bond motifs is 1. The van der Waals surface area contributed by atoms with E-state index in [4.69, 9.17) is 0 Å². The van der Waals surface area contributed by atoms with Crippen molar-refractivity contribution in [2.75, 3.05) is 5.32 Å². The zero-order valence-electron chi connectivity index (χ0n) is 16.0. The van der Waals surface area contributed by atoms with Crippen LogP contribution in [0.1, 0.15) is 54.1 Å². The van der Waals surface area contributed by atoms with Crippen LogP contribution in [0.4, 0.5) is 5.69 Å². The molecule has 0 spiro atoms. The lowest BCUT2D eigenvalue weighted by Gasteiger charge is -2.05. The van der Waals surface area contributed by atoms with Crippen molar-refractivity contribution < 1.29 is 9.59 Å². The Morgan fingerprint density at radius 1 is 1.18 bits per heavy atom. The SMILES string of the molecule is CC(C)c1ccc(-c2nnn(CC(=O)c3ccc4c(c3)[C@H](C)C(=O)N4)n2)cc1. The maximum absolute atomic E-state index is 12.6. The van der Waals surface area contributed by atoms with Gasteiger partial charge in [-0.3, -0.25) is 9.59 Å². The fourth-order valence-corrected chi connectivity index (χ4v) is 3.25. The van der Waals surface area contributed by atoms with E-state index in [1.807, 2.05) is 31.2 Å². The molecular weight excluding hydrogens is 354 g/mol. The van der Waals surface area contributed by atoms with Gasteiger partial charge in [-0.2, -0.15) is 4.80 Å². The first-order valence-electron chi connectivity index (χ1n) is 9.28. The maximum Gasteiger partial charge on any atom is 0.231 e. The lowest BCUT2D eigenvalue weighted by Crippen LogP contribution is -2.13. The molecule has 142 valence electrons. The summed E-state index contributed by atoms with van der Waals surface area (Å²) in [5, 5.41) is 15.2. The summed E-state index contributed by atoms with van der Waals surface area (Å²) in [4.78, 5) is 25.7. The topological polar surface area (TPSA) is 89.8 Å². The molecule has 0 bridgehead atoms. The molecule has 4 rings (SSSR count). The summed E-state index contributed by atoms with van der Waals surface area (Å²) in [5.74, 6) is 0.503. The number of aromatic nitrogens is 4. The van der Waals surface area contributed by atoms with Crippen LogP contribution in [0.15, 0.2) is 42.5 Å². The Labute approximate surface area is 162 Å². The number of benzene rings is 2. The molecule has 7 nitrogen and oxygen atoms in total. The fourth-order valence-electron chi connectivity index (χ4n) is 3.25. The molecule has 1 aliphatic rings. The van der Waals surface area contributed by atoms with Crippen molar-refractivity contribution in [3.05, 3.63) is 59.2 Å². The highest BCUT2D eigenvalue weighted by Crippen LogP contribution is 2.32. The van der Waals surface area contributed by atoms with E-state index in [2.05, 4.69) is 34.6 Å². The quantitative estimate of drug-likeness (QED) is 0.690. The van der Waals surface area contributed by atoms with Gasteiger partial charge in [0.05, 0.1) is 5.92 Å².